The van der Waals surface area contributed by atoms with E-state index in [0.29, 0.717) is 25.1 Å². The second-order valence-corrected chi connectivity index (χ2v) is 10.9. The van der Waals surface area contributed by atoms with Gasteiger partial charge >= 0.3 is 0 Å². The van der Waals surface area contributed by atoms with Gasteiger partial charge in [-0.3, -0.25) is 4.79 Å². The lowest BCUT2D eigenvalue weighted by Crippen LogP contribution is -2.43. The summed E-state index contributed by atoms with van der Waals surface area (Å²) in [5, 5.41) is 3.05. The van der Waals surface area contributed by atoms with Gasteiger partial charge in [0.15, 0.2) is 0 Å². The SMILES string of the molecule is COc1ccc(C(C)C)cc1S(=O)(=O)N1CCC[C@H](C(=O)Nc2c(C)cc(C)cc2C)C1. The minimum Gasteiger partial charge on any atom is -0.495 e. The Kier molecular flexibility index (Phi) is 7.30. The number of anilines is 1. The van der Waals surface area contributed by atoms with Crippen LogP contribution in [0.1, 0.15) is 54.9 Å². The predicted octanol–water partition coefficient (Wildman–Crippen LogP) is 4.78. The lowest BCUT2D eigenvalue weighted by molar-refractivity contribution is -0.120. The molecule has 0 unspecified atom stereocenters. The van der Waals surface area contributed by atoms with Gasteiger partial charge in [0.2, 0.25) is 15.9 Å². The molecule has 0 spiro atoms. The van der Waals surface area contributed by atoms with Gasteiger partial charge in [-0.25, -0.2) is 8.42 Å². The second kappa shape index (κ2) is 9.63. The number of methoxy groups -OCH3 is 1. The van der Waals surface area contributed by atoms with E-state index in [1.807, 2.05) is 52.8 Å². The number of ether oxygens (including phenoxy) is 1. The van der Waals surface area contributed by atoms with Crippen LogP contribution in [-0.4, -0.2) is 38.8 Å². The monoisotopic (exact) mass is 458 g/mol. The molecule has 1 heterocycles. The number of nitrogens with zero attached hydrogens (tertiary/aromatic N) is 1. The van der Waals surface area contributed by atoms with Crippen LogP contribution in [0.15, 0.2) is 35.2 Å². The van der Waals surface area contributed by atoms with Crippen LogP contribution < -0.4 is 10.1 Å². The first-order valence-corrected chi connectivity index (χ1v) is 12.6. The third-order valence-corrected chi connectivity index (χ3v) is 8.04. The number of carbonyl (C=O) groups excluding carboxylic acids is 1. The molecule has 3 rings (SSSR count). The van der Waals surface area contributed by atoms with Gasteiger partial charge in [0, 0.05) is 18.8 Å². The smallest absolute Gasteiger partial charge is 0.246 e. The molecule has 1 aliphatic heterocycles. The summed E-state index contributed by atoms with van der Waals surface area (Å²) in [6, 6.07) is 9.37. The van der Waals surface area contributed by atoms with Crippen molar-refractivity contribution in [3.8, 4) is 5.75 Å². The molecule has 0 bridgehead atoms. The Morgan fingerprint density at radius 2 is 1.78 bits per heavy atom. The number of carbonyl (C=O) groups is 1. The topological polar surface area (TPSA) is 75.7 Å². The quantitative estimate of drug-likeness (QED) is 0.676. The van der Waals surface area contributed by atoms with E-state index in [9.17, 15) is 13.2 Å². The van der Waals surface area contributed by atoms with Crippen molar-refractivity contribution in [1.29, 1.82) is 0 Å². The molecule has 2 aromatic carbocycles. The van der Waals surface area contributed by atoms with Crippen molar-refractivity contribution in [2.24, 2.45) is 5.92 Å². The average molecular weight is 459 g/mol. The second-order valence-electron chi connectivity index (χ2n) is 9.03. The zero-order chi connectivity index (χ0) is 23.6. The fourth-order valence-corrected chi connectivity index (χ4v) is 6.08. The Balaban J connectivity index is 1.84. The summed E-state index contributed by atoms with van der Waals surface area (Å²) < 4.78 is 33.8. The largest absolute Gasteiger partial charge is 0.495 e. The number of aryl methyl sites for hydroxylation is 3. The van der Waals surface area contributed by atoms with Crippen LogP contribution in [-0.2, 0) is 14.8 Å². The van der Waals surface area contributed by atoms with E-state index in [2.05, 4.69) is 5.32 Å². The zero-order valence-corrected chi connectivity index (χ0v) is 20.7. The van der Waals surface area contributed by atoms with Crippen LogP contribution in [0.3, 0.4) is 0 Å². The number of sulfonamides is 1. The van der Waals surface area contributed by atoms with Gasteiger partial charge in [0.1, 0.15) is 10.6 Å². The molecular weight excluding hydrogens is 424 g/mol. The van der Waals surface area contributed by atoms with Crippen LogP contribution in [0.2, 0.25) is 0 Å². The molecule has 1 fully saturated rings. The first kappa shape index (κ1) is 24.3. The predicted molar refractivity (Wildman–Crippen MR) is 128 cm³/mol. The van der Waals surface area contributed by atoms with Gasteiger partial charge in [0.05, 0.1) is 13.0 Å². The highest BCUT2D eigenvalue weighted by Crippen LogP contribution is 2.33. The van der Waals surface area contributed by atoms with Gasteiger partial charge in [-0.15, -0.1) is 0 Å². The Morgan fingerprint density at radius 1 is 1.12 bits per heavy atom. The Bertz CT molecular complexity index is 1090. The van der Waals surface area contributed by atoms with Crippen molar-refractivity contribution in [3.63, 3.8) is 0 Å². The van der Waals surface area contributed by atoms with Crippen molar-refractivity contribution < 1.29 is 17.9 Å². The van der Waals surface area contributed by atoms with Gasteiger partial charge in [-0.05, 0) is 68.4 Å². The maximum absolute atomic E-state index is 13.5. The fraction of sp³-hybridized carbons (Fsp3) is 0.480. The van der Waals surface area contributed by atoms with Crippen molar-refractivity contribution in [2.45, 2.75) is 58.3 Å². The molecule has 174 valence electrons. The highest BCUT2D eigenvalue weighted by atomic mass is 32.2. The van der Waals surface area contributed by atoms with Crippen LogP contribution in [0.5, 0.6) is 5.75 Å². The fourth-order valence-electron chi connectivity index (χ4n) is 4.37. The van der Waals surface area contributed by atoms with E-state index in [-0.39, 0.29) is 23.3 Å². The number of amides is 1. The lowest BCUT2D eigenvalue weighted by atomic mass is 9.98. The van der Waals surface area contributed by atoms with E-state index in [1.165, 1.54) is 11.4 Å². The molecule has 1 aliphatic rings. The van der Waals surface area contributed by atoms with Gasteiger partial charge in [-0.2, -0.15) is 4.31 Å². The summed E-state index contributed by atoms with van der Waals surface area (Å²) in [5.74, 6) is -0.0247. The van der Waals surface area contributed by atoms with Crippen molar-refractivity contribution in [1.82, 2.24) is 4.31 Å². The number of benzene rings is 2. The molecule has 0 saturated carbocycles. The maximum atomic E-state index is 13.5. The summed E-state index contributed by atoms with van der Waals surface area (Å²) in [4.78, 5) is 13.2. The molecule has 1 saturated heterocycles. The highest BCUT2D eigenvalue weighted by molar-refractivity contribution is 7.89. The highest BCUT2D eigenvalue weighted by Gasteiger charge is 2.35. The Morgan fingerprint density at radius 3 is 2.38 bits per heavy atom. The van der Waals surface area contributed by atoms with Gasteiger partial charge in [-0.1, -0.05) is 37.6 Å². The Labute approximate surface area is 192 Å². The number of piperidine rings is 1. The summed E-state index contributed by atoms with van der Waals surface area (Å²) in [6.45, 7) is 10.6. The minimum absolute atomic E-state index is 0.136. The number of hydrogen-bond acceptors (Lipinski definition) is 4. The molecule has 0 aromatic heterocycles. The Hall–Kier alpha value is -2.38. The number of hydrogen-bond donors (Lipinski definition) is 1. The maximum Gasteiger partial charge on any atom is 0.246 e. The normalized spacial score (nSPS) is 17.4. The van der Waals surface area contributed by atoms with Crippen LogP contribution >= 0.6 is 0 Å². The van der Waals surface area contributed by atoms with E-state index in [4.69, 9.17) is 4.74 Å². The zero-order valence-electron chi connectivity index (χ0n) is 19.9. The molecule has 0 radical (unpaired) electrons. The molecule has 2 aromatic rings. The van der Waals surface area contributed by atoms with E-state index < -0.39 is 15.9 Å². The number of nitrogens with one attached hydrogen (secondary N) is 1. The number of rotatable bonds is 6. The first-order chi connectivity index (χ1) is 15.0. The molecule has 1 atom stereocenters. The molecule has 7 heteroatoms. The average Bonchev–Trinajstić information content (AvgIpc) is 2.75. The van der Waals surface area contributed by atoms with Crippen LogP contribution in [0.25, 0.3) is 0 Å². The van der Waals surface area contributed by atoms with Crippen molar-refractivity contribution in [2.75, 3.05) is 25.5 Å². The summed E-state index contributed by atoms with van der Waals surface area (Å²) in [7, 11) is -2.32. The third kappa shape index (κ3) is 4.99. The van der Waals surface area contributed by atoms with E-state index in [1.54, 1.807) is 12.1 Å². The summed E-state index contributed by atoms with van der Waals surface area (Å²) >= 11 is 0. The summed E-state index contributed by atoms with van der Waals surface area (Å²) in [6.07, 6.45) is 1.29. The molecular formula is C25H34N2O4S. The summed E-state index contributed by atoms with van der Waals surface area (Å²) in [5.41, 5.74) is 4.90. The third-order valence-electron chi connectivity index (χ3n) is 6.15. The minimum atomic E-state index is -3.79. The van der Waals surface area contributed by atoms with Crippen LogP contribution in [0.4, 0.5) is 5.69 Å². The molecule has 1 amide bonds. The lowest BCUT2D eigenvalue weighted by Gasteiger charge is -2.32. The standard InChI is InChI=1S/C25H34N2O4S/c1-16(2)20-9-10-22(31-6)23(14-20)32(29,30)27-11-7-8-21(15-27)25(28)26-24-18(4)12-17(3)13-19(24)5/h9-10,12-14,16,21H,7-8,11,15H2,1-6H3,(H,26,28)/t21-/m0/s1. The van der Waals surface area contributed by atoms with E-state index >= 15 is 0 Å². The molecule has 6 nitrogen and oxygen atoms in total. The first-order valence-electron chi connectivity index (χ1n) is 11.1. The van der Waals surface area contributed by atoms with Gasteiger partial charge < -0.3 is 10.1 Å². The van der Waals surface area contributed by atoms with Crippen molar-refractivity contribution in [3.05, 3.63) is 52.6 Å². The van der Waals surface area contributed by atoms with Gasteiger partial charge in [0.25, 0.3) is 0 Å². The van der Waals surface area contributed by atoms with E-state index in [0.717, 1.165) is 27.9 Å². The molecule has 0 aliphatic carbocycles. The van der Waals surface area contributed by atoms with Crippen molar-refractivity contribution >= 4 is 21.6 Å². The van der Waals surface area contributed by atoms with Crippen LogP contribution in [0, 0.1) is 26.7 Å². The molecule has 32 heavy (non-hydrogen) atoms. The molecule has 1 N–H and O–H groups in total.